The fraction of sp³-hybridized carbons (Fsp3) is 0.933. The number of alkyl halides is 3. The topological polar surface area (TPSA) is 81.6 Å². The predicted molar refractivity (Wildman–Crippen MR) is 82.2 cm³/mol. The zero-order valence-corrected chi connectivity index (χ0v) is 13.8. The van der Waals surface area contributed by atoms with Gasteiger partial charge in [-0.25, -0.2) is 0 Å². The largest absolute Gasteiger partial charge is 0.481 e. The van der Waals surface area contributed by atoms with Crippen molar-refractivity contribution < 1.29 is 28.2 Å². The molecule has 0 amide bonds. The Balaban J connectivity index is 0.000000392. The molecule has 0 aliphatic carbocycles. The molecule has 2 atom stereocenters. The van der Waals surface area contributed by atoms with E-state index < -0.39 is 24.2 Å². The molecule has 2 fully saturated rings. The molecule has 2 aliphatic heterocycles. The van der Waals surface area contributed by atoms with Gasteiger partial charge in [-0.1, -0.05) is 13.8 Å². The summed E-state index contributed by atoms with van der Waals surface area (Å²) in [6.45, 7) is 6.76. The van der Waals surface area contributed by atoms with Crippen LogP contribution in [0.15, 0.2) is 0 Å². The average Bonchev–Trinajstić information content (AvgIpc) is 2.57. The van der Waals surface area contributed by atoms with Crippen LogP contribution in [0.2, 0.25) is 0 Å². The highest BCUT2D eigenvalue weighted by molar-refractivity contribution is 5.70. The second-order valence-electron chi connectivity index (χ2n) is 5.46. The maximum Gasteiger partial charge on any atom is 0.414 e. The summed E-state index contributed by atoms with van der Waals surface area (Å²) in [6, 6.07) is 0. The number of nitrogens with one attached hydrogen (secondary N) is 2. The van der Waals surface area contributed by atoms with Gasteiger partial charge in [-0.05, 0) is 51.2 Å². The van der Waals surface area contributed by atoms with Crippen molar-refractivity contribution in [3.8, 4) is 0 Å². The van der Waals surface area contributed by atoms with E-state index in [9.17, 15) is 18.0 Å². The van der Waals surface area contributed by atoms with Crippen molar-refractivity contribution in [1.29, 1.82) is 0 Å². The Bertz CT molecular complexity index is 316. The van der Waals surface area contributed by atoms with Crippen molar-refractivity contribution in [3.05, 3.63) is 0 Å². The van der Waals surface area contributed by atoms with Gasteiger partial charge < -0.3 is 20.8 Å². The number of aliphatic carboxylic acids is 1. The summed E-state index contributed by atoms with van der Waals surface area (Å²) in [5.41, 5.74) is 0. The Labute approximate surface area is 135 Å². The third-order valence-corrected chi connectivity index (χ3v) is 3.81. The van der Waals surface area contributed by atoms with E-state index in [0.717, 1.165) is 19.4 Å². The van der Waals surface area contributed by atoms with Crippen LogP contribution in [0.4, 0.5) is 13.2 Å². The maximum atomic E-state index is 12.0. The summed E-state index contributed by atoms with van der Waals surface area (Å²) < 4.78 is 35.9. The minimum atomic E-state index is -4.46. The molecule has 0 radical (unpaired) electrons. The quantitative estimate of drug-likeness (QED) is 0.617. The highest BCUT2D eigenvalue weighted by Gasteiger charge is 2.43. The van der Waals surface area contributed by atoms with Crippen LogP contribution < -0.4 is 10.6 Å². The van der Waals surface area contributed by atoms with Crippen LogP contribution in [0, 0.1) is 11.8 Å². The lowest BCUT2D eigenvalue weighted by atomic mass is 9.92. The molecular weight excluding hydrogens is 313 g/mol. The first-order chi connectivity index (χ1) is 10.8. The number of hydrogen-bond donors (Lipinski definition) is 4. The molecule has 2 aliphatic rings. The number of carboxylic acid groups (broad SMARTS) is 1. The third-order valence-electron chi connectivity index (χ3n) is 3.81. The Morgan fingerprint density at radius 2 is 1.65 bits per heavy atom. The number of aliphatic hydroxyl groups is 1. The highest BCUT2D eigenvalue weighted by atomic mass is 19.4. The van der Waals surface area contributed by atoms with Crippen molar-refractivity contribution >= 4 is 5.97 Å². The lowest BCUT2D eigenvalue weighted by Gasteiger charge is -2.28. The van der Waals surface area contributed by atoms with Crippen LogP contribution in [-0.4, -0.2) is 54.6 Å². The molecule has 0 aromatic carbocycles. The van der Waals surface area contributed by atoms with Gasteiger partial charge in [-0.2, -0.15) is 13.2 Å². The molecule has 138 valence electrons. The monoisotopic (exact) mass is 342 g/mol. The van der Waals surface area contributed by atoms with Gasteiger partial charge >= 0.3 is 12.1 Å². The average molecular weight is 342 g/mol. The van der Waals surface area contributed by atoms with E-state index in [1.54, 1.807) is 0 Å². The Hall–Kier alpha value is -0.860. The molecule has 0 bridgehead atoms. The summed E-state index contributed by atoms with van der Waals surface area (Å²) >= 11 is 0. The van der Waals surface area contributed by atoms with Crippen molar-refractivity contribution in [2.75, 3.05) is 26.2 Å². The molecule has 8 heteroatoms. The van der Waals surface area contributed by atoms with Crippen molar-refractivity contribution in [3.63, 3.8) is 0 Å². The van der Waals surface area contributed by atoms with Gasteiger partial charge in [0.1, 0.15) is 0 Å². The van der Waals surface area contributed by atoms with Crippen molar-refractivity contribution in [2.24, 2.45) is 11.8 Å². The number of halogens is 3. The second-order valence-corrected chi connectivity index (χ2v) is 5.46. The zero-order valence-electron chi connectivity index (χ0n) is 13.8. The Morgan fingerprint density at radius 3 is 2.00 bits per heavy atom. The van der Waals surface area contributed by atoms with Crippen LogP contribution in [-0.2, 0) is 4.79 Å². The minimum absolute atomic E-state index is 0.140. The van der Waals surface area contributed by atoms with Gasteiger partial charge in [0.15, 0.2) is 6.10 Å². The summed E-state index contributed by atoms with van der Waals surface area (Å²) in [5, 5.41) is 23.3. The number of hydrogen-bond acceptors (Lipinski definition) is 4. The lowest BCUT2D eigenvalue weighted by molar-refractivity contribution is -0.221. The van der Waals surface area contributed by atoms with Crippen LogP contribution in [0.5, 0.6) is 0 Å². The number of aliphatic hydroxyl groups excluding tert-OH is 1. The molecule has 2 rings (SSSR count). The van der Waals surface area contributed by atoms with Gasteiger partial charge in [-0.15, -0.1) is 0 Å². The zero-order chi connectivity index (χ0) is 17.9. The molecule has 0 aromatic rings. The molecule has 2 unspecified atom stereocenters. The number of piperidine rings is 2. The van der Waals surface area contributed by atoms with E-state index in [1.165, 1.54) is 0 Å². The molecule has 2 saturated heterocycles. The summed E-state index contributed by atoms with van der Waals surface area (Å²) in [5.74, 6) is -1.42. The van der Waals surface area contributed by atoms with Gasteiger partial charge in [0.05, 0.1) is 5.92 Å². The summed E-state index contributed by atoms with van der Waals surface area (Å²) in [6.07, 6.45) is -3.96. The molecule has 4 N–H and O–H groups in total. The van der Waals surface area contributed by atoms with Crippen LogP contribution in [0.3, 0.4) is 0 Å². The lowest BCUT2D eigenvalue weighted by Crippen LogP contribution is -2.41. The van der Waals surface area contributed by atoms with E-state index in [0.29, 0.717) is 32.5 Å². The van der Waals surface area contributed by atoms with E-state index >= 15 is 0 Å². The molecule has 0 aromatic heterocycles. The fourth-order valence-corrected chi connectivity index (χ4v) is 2.49. The van der Waals surface area contributed by atoms with E-state index in [4.69, 9.17) is 10.2 Å². The van der Waals surface area contributed by atoms with E-state index in [1.807, 2.05) is 13.8 Å². The Morgan fingerprint density at radius 1 is 1.09 bits per heavy atom. The van der Waals surface area contributed by atoms with E-state index in [2.05, 4.69) is 10.6 Å². The Kier molecular flexibility index (Phi) is 11.2. The third kappa shape index (κ3) is 9.12. The summed E-state index contributed by atoms with van der Waals surface area (Å²) in [7, 11) is 0. The van der Waals surface area contributed by atoms with Gasteiger partial charge in [0.2, 0.25) is 0 Å². The summed E-state index contributed by atoms with van der Waals surface area (Å²) in [4.78, 5) is 10.3. The maximum absolute atomic E-state index is 12.0. The normalized spacial score (nSPS) is 23.7. The molecule has 2 heterocycles. The number of rotatable bonds is 2. The fourth-order valence-electron chi connectivity index (χ4n) is 2.49. The number of carboxylic acids is 1. The molecular formula is C15H29F3N2O3. The van der Waals surface area contributed by atoms with Crippen LogP contribution in [0.1, 0.15) is 39.5 Å². The minimum Gasteiger partial charge on any atom is -0.481 e. The first-order valence-corrected chi connectivity index (χ1v) is 8.21. The standard InChI is InChI=1S/C7H12F3NO.C6H11NO2.C2H6/c8-7(9,10)6(12)5-1-3-11-4-2-5;8-6(9)5-2-1-3-7-4-5;1-2/h5-6,11-12H,1-4H2;5,7H,1-4H2,(H,8,9);1-2H3. The van der Waals surface area contributed by atoms with Gasteiger partial charge in [-0.3, -0.25) is 4.79 Å². The SMILES string of the molecule is CC.O=C(O)C1CCCNC1.OC(C1CCNCC1)C(F)(F)F. The van der Waals surface area contributed by atoms with Gasteiger partial charge in [0, 0.05) is 6.54 Å². The molecule has 0 spiro atoms. The first kappa shape index (κ1) is 22.1. The van der Waals surface area contributed by atoms with Crippen LogP contribution in [0.25, 0.3) is 0 Å². The highest BCUT2D eigenvalue weighted by Crippen LogP contribution is 2.29. The van der Waals surface area contributed by atoms with Crippen molar-refractivity contribution in [2.45, 2.75) is 51.8 Å². The second kappa shape index (κ2) is 11.6. The van der Waals surface area contributed by atoms with Crippen LogP contribution >= 0.6 is 0 Å². The predicted octanol–water partition coefficient (Wildman–Crippen LogP) is 2.01. The molecule has 5 nitrogen and oxygen atoms in total. The molecule has 23 heavy (non-hydrogen) atoms. The van der Waals surface area contributed by atoms with Crippen molar-refractivity contribution in [1.82, 2.24) is 10.6 Å². The van der Waals surface area contributed by atoms with E-state index in [-0.39, 0.29) is 5.92 Å². The van der Waals surface area contributed by atoms with Gasteiger partial charge in [0.25, 0.3) is 0 Å². The smallest absolute Gasteiger partial charge is 0.414 e. The number of carbonyl (C=O) groups is 1. The molecule has 0 saturated carbocycles. The first-order valence-electron chi connectivity index (χ1n) is 8.21.